The van der Waals surface area contributed by atoms with E-state index in [0.29, 0.717) is 40.7 Å². The van der Waals surface area contributed by atoms with Crippen molar-refractivity contribution in [3.05, 3.63) is 69.0 Å². The quantitative estimate of drug-likeness (QED) is 0.333. The summed E-state index contributed by atoms with van der Waals surface area (Å²) in [7, 11) is 2.87. The molecular formula is C25H22ClF2N7O3S. The van der Waals surface area contributed by atoms with Crippen LogP contribution in [0.5, 0.6) is 5.75 Å². The van der Waals surface area contributed by atoms with Crippen molar-refractivity contribution in [1.82, 2.24) is 29.6 Å². The first kappa shape index (κ1) is 26.6. The Labute approximate surface area is 230 Å². The molecule has 4 aromatic rings. The minimum absolute atomic E-state index is 0.125. The van der Waals surface area contributed by atoms with Crippen LogP contribution >= 0.6 is 22.9 Å². The van der Waals surface area contributed by atoms with Crippen LogP contribution in [0.4, 0.5) is 13.9 Å². The molecule has 0 fully saturated rings. The smallest absolute Gasteiger partial charge is 0.280 e. The summed E-state index contributed by atoms with van der Waals surface area (Å²) in [4.78, 5) is 41.5. The Morgan fingerprint density at radius 2 is 1.95 bits per heavy atom. The summed E-state index contributed by atoms with van der Waals surface area (Å²) in [6.07, 6.45) is 1.70. The highest BCUT2D eigenvalue weighted by molar-refractivity contribution is 7.15. The molecule has 0 bridgehead atoms. The molecule has 1 aliphatic rings. The number of carbonyl (C=O) groups excluding carboxylic acids is 2. The second-order valence-electron chi connectivity index (χ2n) is 8.77. The molecular weight excluding hydrogens is 552 g/mol. The zero-order valence-electron chi connectivity index (χ0n) is 21.0. The van der Waals surface area contributed by atoms with E-state index in [-0.39, 0.29) is 22.8 Å². The number of pyridine rings is 2. The minimum atomic E-state index is -2.83. The number of hydrogen-bond acceptors (Lipinski definition) is 8. The number of anilines is 1. The molecule has 0 radical (unpaired) electrons. The van der Waals surface area contributed by atoms with Gasteiger partial charge in [-0.1, -0.05) is 22.9 Å². The van der Waals surface area contributed by atoms with E-state index in [1.54, 1.807) is 19.1 Å². The summed E-state index contributed by atoms with van der Waals surface area (Å²) in [5.74, 6) is -0.524. The minimum Gasteiger partial charge on any atom is -0.494 e. The lowest BCUT2D eigenvalue weighted by Gasteiger charge is -2.26. The molecule has 0 unspecified atom stereocenters. The lowest BCUT2D eigenvalue weighted by Crippen LogP contribution is -2.36. The van der Waals surface area contributed by atoms with E-state index >= 15 is 0 Å². The topological polar surface area (TPSA) is 115 Å². The van der Waals surface area contributed by atoms with E-state index < -0.39 is 23.9 Å². The predicted molar refractivity (Wildman–Crippen MR) is 140 cm³/mol. The van der Waals surface area contributed by atoms with Crippen molar-refractivity contribution < 1.29 is 23.1 Å². The largest absolute Gasteiger partial charge is 0.494 e. The third-order valence-corrected chi connectivity index (χ3v) is 7.49. The van der Waals surface area contributed by atoms with Crippen LogP contribution in [0.1, 0.15) is 49.1 Å². The van der Waals surface area contributed by atoms with Gasteiger partial charge in [-0.25, -0.2) is 18.7 Å². The molecule has 14 heteroatoms. The molecule has 202 valence electrons. The van der Waals surface area contributed by atoms with Crippen molar-refractivity contribution in [3.8, 4) is 16.9 Å². The Morgan fingerprint density at radius 1 is 1.15 bits per heavy atom. The number of rotatable bonds is 6. The van der Waals surface area contributed by atoms with Gasteiger partial charge < -0.3 is 9.64 Å². The van der Waals surface area contributed by atoms with Crippen molar-refractivity contribution in [2.45, 2.75) is 26.3 Å². The molecule has 0 saturated carbocycles. The van der Waals surface area contributed by atoms with Crippen molar-refractivity contribution in [1.29, 1.82) is 0 Å². The fraction of sp³-hybridized carbons (Fsp3) is 0.280. The SMILES string of the molecule is COc1cnc(Cl)cc1-c1cc(C)ncc1C(=O)Nc1nc2c(s1)CN(C(=O)c1cnn(C)c1C(F)F)CC2. The second-order valence-corrected chi connectivity index (χ2v) is 10.2. The van der Waals surface area contributed by atoms with Crippen LogP contribution in [0.15, 0.2) is 30.7 Å². The highest BCUT2D eigenvalue weighted by Gasteiger charge is 2.30. The lowest BCUT2D eigenvalue weighted by atomic mass is 10.0. The number of aryl methyl sites for hydroxylation is 2. The molecule has 0 aromatic carbocycles. The van der Waals surface area contributed by atoms with Gasteiger partial charge in [0.05, 0.1) is 42.9 Å². The number of alkyl halides is 2. The Balaban J connectivity index is 1.38. The van der Waals surface area contributed by atoms with Gasteiger partial charge in [0.2, 0.25) is 0 Å². The van der Waals surface area contributed by atoms with Crippen LogP contribution < -0.4 is 10.1 Å². The third-order valence-electron chi connectivity index (χ3n) is 6.29. The average Bonchev–Trinajstić information content (AvgIpc) is 3.50. The molecule has 5 heterocycles. The maximum Gasteiger partial charge on any atom is 0.280 e. The van der Waals surface area contributed by atoms with E-state index in [1.165, 1.54) is 42.8 Å². The van der Waals surface area contributed by atoms with Crippen LogP contribution in [0, 0.1) is 6.92 Å². The highest BCUT2D eigenvalue weighted by Crippen LogP contribution is 2.35. The van der Waals surface area contributed by atoms with Crippen LogP contribution in [0.25, 0.3) is 11.1 Å². The summed E-state index contributed by atoms with van der Waals surface area (Å²) in [5.41, 5.74) is 2.31. The summed E-state index contributed by atoms with van der Waals surface area (Å²) in [6.45, 7) is 2.29. The zero-order chi connectivity index (χ0) is 27.8. The fourth-order valence-electron chi connectivity index (χ4n) is 4.38. The summed E-state index contributed by atoms with van der Waals surface area (Å²) in [6, 6.07) is 3.37. The van der Waals surface area contributed by atoms with Crippen LogP contribution in [0.3, 0.4) is 0 Å². The number of ether oxygens (including phenoxy) is 1. The molecule has 1 N–H and O–H groups in total. The molecule has 1 aliphatic heterocycles. The number of halogens is 3. The Hall–Kier alpha value is -3.97. The van der Waals surface area contributed by atoms with Gasteiger partial charge >= 0.3 is 0 Å². The van der Waals surface area contributed by atoms with Gasteiger partial charge in [0.25, 0.3) is 18.2 Å². The standard InChI is InChI=1S/C25H22ClF2N7O3S/c1-12-6-13(14-7-20(26)30-10-18(14)38-3)15(8-29-12)23(36)33-25-32-17-4-5-35(11-19(17)39-25)24(37)16-9-31-34(2)21(16)22(27)28/h6-10,22H,4-5,11H2,1-3H3,(H,32,33,36). The molecule has 10 nitrogen and oxygen atoms in total. The number of methoxy groups -OCH3 is 1. The molecule has 4 aromatic heterocycles. The first-order chi connectivity index (χ1) is 18.7. The Bertz CT molecular complexity index is 1590. The van der Waals surface area contributed by atoms with Gasteiger partial charge in [0.1, 0.15) is 16.6 Å². The molecule has 0 atom stereocenters. The maximum atomic E-state index is 13.5. The normalized spacial score (nSPS) is 12.9. The van der Waals surface area contributed by atoms with Crippen molar-refractivity contribution in [2.24, 2.45) is 7.05 Å². The molecule has 2 amide bonds. The number of amides is 2. The monoisotopic (exact) mass is 573 g/mol. The van der Waals surface area contributed by atoms with Gasteiger partial charge in [0, 0.05) is 47.9 Å². The molecule has 5 rings (SSSR count). The number of thiazole rings is 1. The van der Waals surface area contributed by atoms with Crippen LogP contribution in [-0.4, -0.2) is 55.1 Å². The number of nitrogens with one attached hydrogen (secondary N) is 1. The second kappa shape index (κ2) is 10.7. The van der Waals surface area contributed by atoms with Gasteiger partial charge in [-0.15, -0.1) is 0 Å². The lowest BCUT2D eigenvalue weighted by molar-refractivity contribution is 0.0722. The van der Waals surface area contributed by atoms with Crippen LogP contribution in [0.2, 0.25) is 5.15 Å². The summed E-state index contributed by atoms with van der Waals surface area (Å²) < 4.78 is 33.4. The fourth-order valence-corrected chi connectivity index (χ4v) is 5.56. The highest BCUT2D eigenvalue weighted by atomic mass is 35.5. The maximum absolute atomic E-state index is 13.5. The van der Waals surface area contributed by atoms with Crippen LogP contribution in [-0.2, 0) is 20.0 Å². The van der Waals surface area contributed by atoms with Gasteiger partial charge in [-0.3, -0.25) is 24.6 Å². The van der Waals surface area contributed by atoms with Gasteiger partial charge in [-0.05, 0) is 19.1 Å². The zero-order valence-corrected chi connectivity index (χ0v) is 22.6. The predicted octanol–water partition coefficient (Wildman–Crippen LogP) is 4.69. The van der Waals surface area contributed by atoms with E-state index in [4.69, 9.17) is 16.3 Å². The molecule has 0 aliphatic carbocycles. The number of nitrogens with zero attached hydrogens (tertiary/aromatic N) is 6. The molecule has 0 saturated heterocycles. The van der Waals surface area contributed by atoms with E-state index in [0.717, 1.165) is 21.4 Å². The van der Waals surface area contributed by atoms with E-state index in [2.05, 4.69) is 25.4 Å². The van der Waals surface area contributed by atoms with Crippen molar-refractivity contribution >= 4 is 39.9 Å². The third kappa shape index (κ3) is 5.19. The molecule has 0 spiro atoms. The average molecular weight is 574 g/mol. The number of aromatic nitrogens is 5. The first-order valence-electron chi connectivity index (χ1n) is 11.7. The van der Waals surface area contributed by atoms with E-state index in [9.17, 15) is 18.4 Å². The van der Waals surface area contributed by atoms with E-state index in [1.807, 2.05) is 0 Å². The Kier molecular flexibility index (Phi) is 7.28. The Morgan fingerprint density at radius 3 is 2.69 bits per heavy atom. The number of fused-ring (bicyclic) bond motifs is 1. The molecule has 39 heavy (non-hydrogen) atoms. The summed E-state index contributed by atoms with van der Waals surface area (Å²) >= 11 is 7.34. The van der Waals surface area contributed by atoms with Crippen molar-refractivity contribution in [2.75, 3.05) is 19.0 Å². The summed E-state index contributed by atoms with van der Waals surface area (Å²) in [5, 5.41) is 7.23. The number of carbonyl (C=O) groups is 2. The van der Waals surface area contributed by atoms with Gasteiger partial charge in [-0.2, -0.15) is 5.10 Å². The van der Waals surface area contributed by atoms with Crippen molar-refractivity contribution in [3.63, 3.8) is 0 Å². The number of hydrogen-bond donors (Lipinski definition) is 1. The van der Waals surface area contributed by atoms with Gasteiger partial charge in [0.15, 0.2) is 5.13 Å². The first-order valence-corrected chi connectivity index (χ1v) is 12.9.